The van der Waals surface area contributed by atoms with Crippen molar-refractivity contribution in [3.05, 3.63) is 53.7 Å². The third kappa shape index (κ3) is 5.54. The van der Waals surface area contributed by atoms with Gasteiger partial charge in [-0.05, 0) is 49.1 Å². The summed E-state index contributed by atoms with van der Waals surface area (Å²) in [7, 11) is 0. The number of carboxylic acid groups (broad SMARTS) is 1. The number of aliphatic carboxylic acids is 1. The second-order valence-electron chi connectivity index (χ2n) is 6.85. The molecule has 6 nitrogen and oxygen atoms in total. The summed E-state index contributed by atoms with van der Waals surface area (Å²) in [5, 5.41) is 11.6. The smallest absolute Gasteiger partial charge is 0.303 e. The van der Waals surface area contributed by atoms with E-state index in [1.807, 2.05) is 24.3 Å². The fraction of sp³-hybridized carbons (Fsp3) is 0.381. The van der Waals surface area contributed by atoms with Crippen molar-refractivity contribution < 1.29 is 14.7 Å². The minimum Gasteiger partial charge on any atom is -0.481 e. The van der Waals surface area contributed by atoms with Crippen LogP contribution in [0.25, 0.3) is 0 Å². The third-order valence-corrected chi connectivity index (χ3v) is 4.78. The van der Waals surface area contributed by atoms with Crippen molar-refractivity contribution in [1.82, 2.24) is 4.98 Å². The monoisotopic (exact) mass is 367 g/mol. The maximum atomic E-state index is 12.4. The molecule has 142 valence electrons. The van der Waals surface area contributed by atoms with Gasteiger partial charge in [-0.1, -0.05) is 25.0 Å². The summed E-state index contributed by atoms with van der Waals surface area (Å²) in [6.07, 6.45) is 7.11. The Morgan fingerprint density at radius 1 is 1.00 bits per heavy atom. The zero-order valence-corrected chi connectivity index (χ0v) is 15.4. The molecule has 0 bridgehead atoms. The number of aryl methyl sites for hydroxylation is 1. The minimum absolute atomic E-state index is 0.0980. The van der Waals surface area contributed by atoms with Crippen LogP contribution in [0.1, 0.15) is 48.0 Å². The Kier molecular flexibility index (Phi) is 6.41. The van der Waals surface area contributed by atoms with Gasteiger partial charge in [0, 0.05) is 31.4 Å². The molecular weight excluding hydrogens is 342 g/mol. The molecule has 2 heterocycles. The van der Waals surface area contributed by atoms with E-state index in [2.05, 4.69) is 15.2 Å². The first-order valence-electron chi connectivity index (χ1n) is 9.45. The Hall–Kier alpha value is -2.89. The maximum absolute atomic E-state index is 12.4. The van der Waals surface area contributed by atoms with Gasteiger partial charge in [0.2, 0.25) is 0 Å². The van der Waals surface area contributed by atoms with Crippen molar-refractivity contribution >= 4 is 23.4 Å². The second kappa shape index (κ2) is 9.16. The van der Waals surface area contributed by atoms with Crippen molar-refractivity contribution in [3.8, 4) is 0 Å². The molecule has 1 aromatic carbocycles. The normalized spacial score (nSPS) is 14.4. The third-order valence-electron chi connectivity index (χ3n) is 4.78. The van der Waals surface area contributed by atoms with Crippen LogP contribution >= 0.6 is 0 Å². The first-order valence-corrected chi connectivity index (χ1v) is 9.45. The molecule has 1 fully saturated rings. The molecule has 0 saturated carbocycles. The van der Waals surface area contributed by atoms with Gasteiger partial charge >= 0.3 is 5.97 Å². The summed E-state index contributed by atoms with van der Waals surface area (Å²) in [5.41, 5.74) is 2.12. The van der Waals surface area contributed by atoms with Crippen molar-refractivity contribution in [1.29, 1.82) is 0 Å². The van der Waals surface area contributed by atoms with Crippen LogP contribution in [0.5, 0.6) is 0 Å². The molecule has 2 N–H and O–H groups in total. The van der Waals surface area contributed by atoms with Crippen LogP contribution in [-0.2, 0) is 11.2 Å². The van der Waals surface area contributed by atoms with E-state index in [9.17, 15) is 9.59 Å². The average molecular weight is 367 g/mol. The lowest BCUT2D eigenvalue weighted by Gasteiger charge is -2.21. The number of nitrogens with zero attached hydrogens (tertiary/aromatic N) is 2. The standard InChI is InChI=1S/C21H25N3O3/c25-20(26)12-7-16-5-9-18(10-6-16)23-21(27)17-8-11-19(22-15-17)24-13-3-1-2-4-14-24/h5-6,8-11,15H,1-4,7,12-14H2,(H,23,27)(H,25,26). The Bertz CT molecular complexity index is 764. The maximum Gasteiger partial charge on any atom is 0.303 e. The number of hydrogen-bond donors (Lipinski definition) is 2. The van der Waals surface area contributed by atoms with Crippen LogP contribution < -0.4 is 10.2 Å². The van der Waals surface area contributed by atoms with E-state index in [4.69, 9.17) is 5.11 Å². The Morgan fingerprint density at radius 3 is 2.30 bits per heavy atom. The summed E-state index contributed by atoms with van der Waals surface area (Å²) in [5.74, 6) is -0.0945. The van der Waals surface area contributed by atoms with E-state index >= 15 is 0 Å². The molecule has 2 aromatic rings. The number of hydrogen-bond acceptors (Lipinski definition) is 4. The molecule has 27 heavy (non-hydrogen) atoms. The minimum atomic E-state index is -0.816. The van der Waals surface area contributed by atoms with Gasteiger partial charge in [-0.3, -0.25) is 9.59 Å². The van der Waals surface area contributed by atoms with E-state index in [0.717, 1.165) is 24.5 Å². The van der Waals surface area contributed by atoms with Gasteiger partial charge in [-0.15, -0.1) is 0 Å². The van der Waals surface area contributed by atoms with Crippen LogP contribution in [0, 0.1) is 0 Å². The Morgan fingerprint density at radius 2 is 1.70 bits per heavy atom. The lowest BCUT2D eigenvalue weighted by molar-refractivity contribution is -0.136. The lowest BCUT2D eigenvalue weighted by Crippen LogP contribution is -2.25. The van der Waals surface area contributed by atoms with Crippen molar-refractivity contribution in [2.24, 2.45) is 0 Å². The largest absolute Gasteiger partial charge is 0.481 e. The topological polar surface area (TPSA) is 82.5 Å². The molecule has 0 radical (unpaired) electrons. The van der Waals surface area contributed by atoms with Gasteiger partial charge in [-0.2, -0.15) is 0 Å². The molecule has 6 heteroatoms. The second-order valence-corrected chi connectivity index (χ2v) is 6.85. The quantitative estimate of drug-likeness (QED) is 0.813. The van der Waals surface area contributed by atoms with Gasteiger partial charge in [0.1, 0.15) is 5.82 Å². The van der Waals surface area contributed by atoms with Crippen LogP contribution in [0.15, 0.2) is 42.6 Å². The van der Waals surface area contributed by atoms with E-state index in [-0.39, 0.29) is 12.3 Å². The summed E-state index contributed by atoms with van der Waals surface area (Å²) < 4.78 is 0. The zero-order chi connectivity index (χ0) is 19.1. The first-order chi connectivity index (χ1) is 13.1. The van der Waals surface area contributed by atoms with Gasteiger partial charge in [-0.25, -0.2) is 4.98 Å². The van der Waals surface area contributed by atoms with E-state index < -0.39 is 5.97 Å². The number of anilines is 2. The number of nitrogens with one attached hydrogen (secondary N) is 1. The molecule has 0 atom stereocenters. The highest BCUT2D eigenvalue weighted by Crippen LogP contribution is 2.18. The van der Waals surface area contributed by atoms with Gasteiger partial charge in [0.05, 0.1) is 5.56 Å². The summed E-state index contributed by atoms with van der Waals surface area (Å²) >= 11 is 0. The molecule has 1 amide bonds. The number of benzene rings is 1. The molecular formula is C21H25N3O3. The first kappa shape index (κ1) is 18.9. The van der Waals surface area contributed by atoms with E-state index in [1.54, 1.807) is 18.3 Å². The molecule has 0 aliphatic carbocycles. The number of carbonyl (C=O) groups is 2. The van der Waals surface area contributed by atoms with Gasteiger partial charge in [0.15, 0.2) is 0 Å². The van der Waals surface area contributed by atoms with Crippen LogP contribution in [-0.4, -0.2) is 35.1 Å². The summed E-state index contributed by atoms with van der Waals surface area (Å²) in [6.45, 7) is 2.04. The highest BCUT2D eigenvalue weighted by molar-refractivity contribution is 6.04. The predicted molar refractivity (Wildman–Crippen MR) is 105 cm³/mol. The molecule has 0 unspecified atom stereocenters. The van der Waals surface area contributed by atoms with Crippen molar-refractivity contribution in [2.75, 3.05) is 23.3 Å². The number of carbonyl (C=O) groups excluding carboxylic acids is 1. The molecule has 1 saturated heterocycles. The SMILES string of the molecule is O=C(O)CCc1ccc(NC(=O)c2ccc(N3CCCCCC3)nc2)cc1. The summed E-state index contributed by atoms with van der Waals surface area (Å²) in [4.78, 5) is 29.8. The number of pyridine rings is 1. The van der Waals surface area contributed by atoms with E-state index in [1.165, 1.54) is 25.7 Å². The summed E-state index contributed by atoms with van der Waals surface area (Å²) in [6, 6.07) is 11.0. The molecule has 0 spiro atoms. The average Bonchev–Trinajstić information content (AvgIpc) is 2.97. The highest BCUT2D eigenvalue weighted by Gasteiger charge is 2.12. The van der Waals surface area contributed by atoms with Crippen LogP contribution in [0.2, 0.25) is 0 Å². The molecule has 3 rings (SSSR count). The van der Waals surface area contributed by atoms with Crippen molar-refractivity contribution in [2.45, 2.75) is 38.5 Å². The number of aromatic nitrogens is 1. The van der Waals surface area contributed by atoms with E-state index in [0.29, 0.717) is 17.7 Å². The fourth-order valence-corrected chi connectivity index (χ4v) is 3.22. The van der Waals surface area contributed by atoms with Crippen LogP contribution in [0.4, 0.5) is 11.5 Å². The predicted octanol–water partition coefficient (Wildman–Crippen LogP) is 3.73. The van der Waals surface area contributed by atoms with Gasteiger partial charge < -0.3 is 15.3 Å². The highest BCUT2D eigenvalue weighted by atomic mass is 16.4. The molecule has 1 aliphatic heterocycles. The Labute approximate surface area is 159 Å². The van der Waals surface area contributed by atoms with Gasteiger partial charge in [0.25, 0.3) is 5.91 Å². The number of rotatable bonds is 6. The lowest BCUT2D eigenvalue weighted by atomic mass is 10.1. The molecule has 1 aromatic heterocycles. The fourth-order valence-electron chi connectivity index (χ4n) is 3.22. The number of carboxylic acids is 1. The molecule has 1 aliphatic rings. The van der Waals surface area contributed by atoms with Crippen molar-refractivity contribution in [3.63, 3.8) is 0 Å². The number of amides is 1. The van der Waals surface area contributed by atoms with Crippen LogP contribution in [0.3, 0.4) is 0 Å². The Balaban J connectivity index is 1.58. The zero-order valence-electron chi connectivity index (χ0n) is 15.4.